The number of halogens is 1. The number of hydrogen-bond acceptors (Lipinski definition) is 5. The van der Waals surface area contributed by atoms with E-state index in [4.69, 9.17) is 14.2 Å². The molecule has 0 atom stereocenters. The van der Waals surface area contributed by atoms with E-state index in [-0.39, 0.29) is 12.4 Å². The predicted molar refractivity (Wildman–Crippen MR) is 117 cm³/mol. The molecule has 0 fully saturated rings. The molecule has 0 heterocycles. The molecule has 30 heavy (non-hydrogen) atoms. The summed E-state index contributed by atoms with van der Waals surface area (Å²) >= 11 is 3.33. The van der Waals surface area contributed by atoms with E-state index in [0.29, 0.717) is 17.9 Å². The third kappa shape index (κ3) is 7.04. The van der Waals surface area contributed by atoms with Crippen molar-refractivity contribution in [1.29, 1.82) is 0 Å². The van der Waals surface area contributed by atoms with E-state index in [1.807, 2.05) is 42.5 Å². The summed E-state index contributed by atoms with van der Waals surface area (Å²) in [5.41, 5.74) is 1.53. The summed E-state index contributed by atoms with van der Waals surface area (Å²) in [4.78, 5) is 24.2. The van der Waals surface area contributed by atoms with Gasteiger partial charge in [-0.3, -0.25) is 0 Å². The Bertz CT molecular complexity index is 970. The van der Waals surface area contributed by atoms with E-state index in [1.54, 1.807) is 30.3 Å². The molecule has 3 rings (SSSR count). The molecule has 0 aliphatic carbocycles. The lowest BCUT2D eigenvalue weighted by atomic mass is 10.1. The van der Waals surface area contributed by atoms with Crippen LogP contribution in [-0.4, -0.2) is 25.2 Å². The quantitative estimate of drug-likeness (QED) is 0.244. The first-order valence-corrected chi connectivity index (χ1v) is 10.3. The first kappa shape index (κ1) is 21.6. The molecule has 3 aromatic carbocycles. The fraction of sp³-hybridized carbons (Fsp3) is 0.167. The third-order valence-corrected chi connectivity index (χ3v) is 4.69. The molecule has 0 aliphatic rings. The Hall–Kier alpha value is -3.12. The van der Waals surface area contributed by atoms with Crippen LogP contribution in [0.15, 0.2) is 83.3 Å². The standard InChI is InChI=1S/C24H21BrO5/c25-20-11-13-21(14-12-20)29-17-23(26)30-22-10-4-9-19(16-22)24(27)28-15-5-8-18-6-2-1-3-7-18/h1-4,6-7,9-14,16H,5,8,15,17H2. The van der Waals surface area contributed by atoms with Gasteiger partial charge in [-0.15, -0.1) is 0 Å². The number of carbonyl (C=O) groups is 2. The zero-order valence-electron chi connectivity index (χ0n) is 16.3. The van der Waals surface area contributed by atoms with Crippen LogP contribution in [0.2, 0.25) is 0 Å². The Morgan fingerprint density at radius 1 is 0.833 bits per heavy atom. The molecule has 0 saturated carbocycles. The summed E-state index contributed by atoms with van der Waals surface area (Å²) in [5.74, 6) is -0.195. The van der Waals surface area contributed by atoms with Gasteiger partial charge >= 0.3 is 11.9 Å². The van der Waals surface area contributed by atoms with Crippen LogP contribution in [0, 0.1) is 0 Å². The molecule has 0 amide bonds. The van der Waals surface area contributed by atoms with Gasteiger partial charge in [0.05, 0.1) is 12.2 Å². The largest absolute Gasteiger partial charge is 0.482 e. The number of carbonyl (C=O) groups excluding carboxylic acids is 2. The van der Waals surface area contributed by atoms with Gasteiger partial charge in [0.15, 0.2) is 6.61 Å². The van der Waals surface area contributed by atoms with Crippen LogP contribution in [-0.2, 0) is 16.0 Å². The Morgan fingerprint density at radius 2 is 1.60 bits per heavy atom. The maximum Gasteiger partial charge on any atom is 0.349 e. The minimum absolute atomic E-state index is 0.240. The third-order valence-electron chi connectivity index (χ3n) is 4.16. The van der Waals surface area contributed by atoms with E-state index in [1.165, 1.54) is 11.6 Å². The summed E-state index contributed by atoms with van der Waals surface area (Å²) in [6.45, 7) is 0.0779. The monoisotopic (exact) mass is 468 g/mol. The molecular weight excluding hydrogens is 448 g/mol. The molecule has 0 radical (unpaired) electrons. The highest BCUT2D eigenvalue weighted by molar-refractivity contribution is 9.10. The van der Waals surface area contributed by atoms with Gasteiger partial charge in [-0.2, -0.15) is 0 Å². The van der Waals surface area contributed by atoms with Crippen molar-refractivity contribution in [1.82, 2.24) is 0 Å². The van der Waals surface area contributed by atoms with Crippen molar-refractivity contribution in [2.75, 3.05) is 13.2 Å². The van der Waals surface area contributed by atoms with Crippen LogP contribution in [0.4, 0.5) is 0 Å². The fourth-order valence-electron chi connectivity index (χ4n) is 2.69. The molecule has 5 nitrogen and oxygen atoms in total. The van der Waals surface area contributed by atoms with Crippen molar-refractivity contribution in [3.8, 4) is 11.5 Å². The number of aryl methyl sites for hydroxylation is 1. The van der Waals surface area contributed by atoms with Crippen molar-refractivity contribution >= 4 is 27.9 Å². The number of ether oxygens (including phenoxy) is 3. The Kier molecular flexibility index (Phi) is 8.03. The average molecular weight is 469 g/mol. The van der Waals surface area contributed by atoms with Gasteiger partial charge in [-0.1, -0.05) is 52.3 Å². The van der Waals surface area contributed by atoms with Crippen molar-refractivity contribution < 1.29 is 23.8 Å². The second kappa shape index (κ2) is 11.2. The number of hydrogen-bond donors (Lipinski definition) is 0. The van der Waals surface area contributed by atoms with Crippen LogP contribution in [0.1, 0.15) is 22.3 Å². The summed E-state index contributed by atoms with van der Waals surface area (Å²) in [6.07, 6.45) is 1.57. The molecule has 0 N–H and O–H groups in total. The van der Waals surface area contributed by atoms with Crippen LogP contribution < -0.4 is 9.47 Å². The molecule has 0 saturated heterocycles. The van der Waals surface area contributed by atoms with E-state index in [9.17, 15) is 9.59 Å². The van der Waals surface area contributed by atoms with Gasteiger partial charge in [0, 0.05) is 4.47 Å². The van der Waals surface area contributed by atoms with Gasteiger partial charge < -0.3 is 14.2 Å². The lowest BCUT2D eigenvalue weighted by molar-refractivity contribution is -0.136. The van der Waals surface area contributed by atoms with Crippen molar-refractivity contribution in [3.05, 3.63) is 94.5 Å². The maximum atomic E-state index is 12.2. The van der Waals surface area contributed by atoms with Crippen LogP contribution in [0.25, 0.3) is 0 Å². The zero-order valence-corrected chi connectivity index (χ0v) is 17.8. The maximum absolute atomic E-state index is 12.2. The molecule has 3 aromatic rings. The SMILES string of the molecule is O=C(COc1ccc(Br)cc1)Oc1cccc(C(=O)OCCCc2ccccc2)c1. The molecule has 154 valence electrons. The van der Waals surface area contributed by atoms with E-state index in [2.05, 4.69) is 15.9 Å². The topological polar surface area (TPSA) is 61.8 Å². The zero-order chi connectivity index (χ0) is 21.2. The molecule has 6 heteroatoms. The van der Waals surface area contributed by atoms with Crippen molar-refractivity contribution in [2.24, 2.45) is 0 Å². The van der Waals surface area contributed by atoms with Crippen LogP contribution >= 0.6 is 15.9 Å². The molecular formula is C24H21BrO5. The number of esters is 2. The molecule has 0 aliphatic heterocycles. The van der Waals surface area contributed by atoms with Crippen LogP contribution in [0.5, 0.6) is 11.5 Å². The Balaban J connectivity index is 1.44. The van der Waals surface area contributed by atoms with E-state index < -0.39 is 11.9 Å². The highest BCUT2D eigenvalue weighted by Crippen LogP contribution is 2.17. The van der Waals surface area contributed by atoms with Gasteiger partial charge in [0.25, 0.3) is 0 Å². The molecule has 0 unspecified atom stereocenters. The summed E-state index contributed by atoms with van der Waals surface area (Å²) in [5, 5.41) is 0. The highest BCUT2D eigenvalue weighted by atomic mass is 79.9. The average Bonchev–Trinajstić information content (AvgIpc) is 2.77. The Labute approximate surface area is 183 Å². The normalized spacial score (nSPS) is 10.3. The number of benzene rings is 3. The van der Waals surface area contributed by atoms with E-state index in [0.717, 1.165) is 17.3 Å². The fourth-order valence-corrected chi connectivity index (χ4v) is 2.95. The molecule has 0 bridgehead atoms. The smallest absolute Gasteiger partial charge is 0.349 e. The van der Waals surface area contributed by atoms with Crippen molar-refractivity contribution in [3.63, 3.8) is 0 Å². The van der Waals surface area contributed by atoms with Crippen LogP contribution in [0.3, 0.4) is 0 Å². The van der Waals surface area contributed by atoms with Crippen molar-refractivity contribution in [2.45, 2.75) is 12.8 Å². The summed E-state index contributed by atoms with van der Waals surface area (Å²) in [7, 11) is 0. The van der Waals surface area contributed by atoms with Gasteiger partial charge in [-0.05, 0) is 60.9 Å². The van der Waals surface area contributed by atoms with E-state index >= 15 is 0 Å². The lowest BCUT2D eigenvalue weighted by Crippen LogP contribution is -2.18. The summed E-state index contributed by atoms with van der Waals surface area (Å²) < 4.78 is 16.9. The first-order chi connectivity index (χ1) is 14.6. The minimum atomic E-state index is -0.564. The minimum Gasteiger partial charge on any atom is -0.482 e. The molecule has 0 aromatic heterocycles. The first-order valence-electron chi connectivity index (χ1n) is 9.50. The highest BCUT2D eigenvalue weighted by Gasteiger charge is 2.11. The van der Waals surface area contributed by atoms with Gasteiger partial charge in [-0.25, -0.2) is 9.59 Å². The second-order valence-corrected chi connectivity index (χ2v) is 7.39. The lowest BCUT2D eigenvalue weighted by Gasteiger charge is -2.09. The molecule has 0 spiro atoms. The number of rotatable bonds is 9. The predicted octanol–water partition coefficient (Wildman–Crippen LogP) is 5.22. The Morgan fingerprint density at radius 3 is 2.37 bits per heavy atom. The van der Waals surface area contributed by atoms with Gasteiger partial charge in [0.2, 0.25) is 0 Å². The van der Waals surface area contributed by atoms with Gasteiger partial charge in [0.1, 0.15) is 11.5 Å². The summed E-state index contributed by atoms with van der Waals surface area (Å²) in [6, 6.07) is 23.5. The second-order valence-electron chi connectivity index (χ2n) is 6.47.